The van der Waals surface area contributed by atoms with Crippen molar-refractivity contribution in [1.82, 2.24) is 4.98 Å². The third kappa shape index (κ3) is 4.61. The van der Waals surface area contributed by atoms with Gasteiger partial charge in [-0.1, -0.05) is 41.9 Å². The second kappa shape index (κ2) is 8.02. The zero-order chi connectivity index (χ0) is 18.5. The van der Waals surface area contributed by atoms with Gasteiger partial charge < -0.3 is 10.6 Å². The van der Waals surface area contributed by atoms with Gasteiger partial charge in [-0.2, -0.15) is 0 Å². The maximum atomic E-state index is 12.2. The Hall–Kier alpha value is -2.85. The van der Waals surface area contributed by atoms with E-state index < -0.39 is 0 Å². The molecule has 132 valence electrons. The van der Waals surface area contributed by atoms with Gasteiger partial charge in [0.2, 0.25) is 5.91 Å². The minimum absolute atomic E-state index is 0.0625. The molecule has 0 aliphatic carbocycles. The van der Waals surface area contributed by atoms with E-state index in [1.165, 1.54) is 0 Å². The maximum absolute atomic E-state index is 12.2. The van der Waals surface area contributed by atoms with Gasteiger partial charge in [-0.05, 0) is 54.8 Å². The lowest BCUT2D eigenvalue weighted by Crippen LogP contribution is -2.15. The molecule has 0 saturated carbocycles. The summed E-state index contributed by atoms with van der Waals surface area (Å²) >= 11 is 6.04. The van der Waals surface area contributed by atoms with Crippen LogP contribution in [0.25, 0.3) is 0 Å². The highest BCUT2D eigenvalue weighted by Crippen LogP contribution is 2.23. The van der Waals surface area contributed by atoms with Crippen molar-refractivity contribution in [1.29, 1.82) is 0 Å². The number of nitrogens with zero attached hydrogens (tertiary/aromatic N) is 1. The molecule has 1 amide bonds. The molecular weight excluding hydrogens is 346 g/mol. The molecule has 5 heteroatoms. The topological polar surface area (TPSA) is 54.0 Å². The first-order chi connectivity index (χ1) is 12.5. The standard InChI is InChI=1S/C21H20ClN3O/c1-14-5-3-4-6-16(14)11-21(26)24-18-9-10-20(23-13-18)25-19-12-17(22)8-7-15(19)2/h3-10,12-13H,11H2,1-2H3,(H,23,25)(H,24,26). The normalized spacial score (nSPS) is 10.4. The molecule has 3 rings (SSSR count). The molecule has 26 heavy (non-hydrogen) atoms. The van der Waals surface area contributed by atoms with Gasteiger partial charge in [0, 0.05) is 10.7 Å². The van der Waals surface area contributed by atoms with Crippen molar-refractivity contribution in [3.8, 4) is 0 Å². The zero-order valence-electron chi connectivity index (χ0n) is 14.7. The number of carbonyl (C=O) groups excluding carboxylic acids is 1. The highest BCUT2D eigenvalue weighted by Gasteiger charge is 2.07. The first-order valence-electron chi connectivity index (χ1n) is 8.35. The van der Waals surface area contributed by atoms with E-state index in [2.05, 4.69) is 15.6 Å². The van der Waals surface area contributed by atoms with Gasteiger partial charge in [-0.25, -0.2) is 4.98 Å². The number of benzene rings is 2. The van der Waals surface area contributed by atoms with E-state index in [1.54, 1.807) is 6.20 Å². The van der Waals surface area contributed by atoms with Crippen LogP contribution < -0.4 is 10.6 Å². The molecular formula is C21H20ClN3O. The lowest BCUT2D eigenvalue weighted by Gasteiger charge is -2.11. The summed E-state index contributed by atoms with van der Waals surface area (Å²) in [6.45, 7) is 4.00. The lowest BCUT2D eigenvalue weighted by molar-refractivity contribution is -0.115. The number of hydrogen-bond donors (Lipinski definition) is 2. The van der Waals surface area contributed by atoms with Crippen LogP contribution in [0.15, 0.2) is 60.8 Å². The second-order valence-corrected chi connectivity index (χ2v) is 6.60. The molecule has 0 aliphatic rings. The summed E-state index contributed by atoms with van der Waals surface area (Å²) in [6.07, 6.45) is 1.98. The molecule has 0 radical (unpaired) electrons. The summed E-state index contributed by atoms with van der Waals surface area (Å²) in [5, 5.41) is 6.78. The lowest BCUT2D eigenvalue weighted by atomic mass is 10.1. The minimum Gasteiger partial charge on any atom is -0.340 e. The highest BCUT2D eigenvalue weighted by molar-refractivity contribution is 6.30. The van der Waals surface area contributed by atoms with Crippen LogP contribution in [0.4, 0.5) is 17.2 Å². The van der Waals surface area contributed by atoms with Gasteiger partial charge in [-0.3, -0.25) is 4.79 Å². The monoisotopic (exact) mass is 365 g/mol. The van der Waals surface area contributed by atoms with Gasteiger partial charge >= 0.3 is 0 Å². The smallest absolute Gasteiger partial charge is 0.228 e. The number of carbonyl (C=O) groups is 1. The van der Waals surface area contributed by atoms with Crippen LogP contribution in [-0.2, 0) is 11.2 Å². The molecule has 0 saturated heterocycles. The van der Waals surface area contributed by atoms with Crippen molar-refractivity contribution in [2.24, 2.45) is 0 Å². The number of aryl methyl sites for hydroxylation is 2. The zero-order valence-corrected chi connectivity index (χ0v) is 15.5. The summed E-state index contributed by atoms with van der Waals surface area (Å²) in [5.41, 5.74) is 4.77. The van der Waals surface area contributed by atoms with E-state index in [0.29, 0.717) is 22.9 Å². The van der Waals surface area contributed by atoms with Gasteiger partial charge in [0.25, 0.3) is 0 Å². The van der Waals surface area contributed by atoms with Gasteiger partial charge in [-0.15, -0.1) is 0 Å². The Balaban J connectivity index is 1.63. The van der Waals surface area contributed by atoms with E-state index in [0.717, 1.165) is 22.4 Å². The predicted molar refractivity (Wildman–Crippen MR) is 107 cm³/mol. The van der Waals surface area contributed by atoms with Crippen LogP contribution in [-0.4, -0.2) is 10.9 Å². The van der Waals surface area contributed by atoms with Gasteiger partial charge in [0.1, 0.15) is 5.82 Å². The molecule has 0 unspecified atom stereocenters. The summed E-state index contributed by atoms with van der Waals surface area (Å²) in [7, 11) is 0. The fraction of sp³-hybridized carbons (Fsp3) is 0.143. The number of hydrogen-bond acceptors (Lipinski definition) is 3. The molecule has 0 spiro atoms. The van der Waals surface area contributed by atoms with Crippen LogP contribution in [0.3, 0.4) is 0 Å². The number of rotatable bonds is 5. The second-order valence-electron chi connectivity index (χ2n) is 6.17. The molecule has 0 atom stereocenters. The van der Waals surface area contributed by atoms with E-state index in [1.807, 2.05) is 68.4 Å². The molecule has 0 aliphatic heterocycles. The number of halogens is 1. The van der Waals surface area contributed by atoms with Crippen LogP contribution in [0, 0.1) is 13.8 Å². The first-order valence-corrected chi connectivity index (χ1v) is 8.72. The Labute approximate surface area is 158 Å². The number of amides is 1. The van der Waals surface area contributed by atoms with Crippen molar-refractivity contribution < 1.29 is 4.79 Å². The molecule has 2 N–H and O–H groups in total. The summed E-state index contributed by atoms with van der Waals surface area (Å²) in [6, 6.07) is 17.2. The van der Waals surface area contributed by atoms with Crippen molar-refractivity contribution in [2.75, 3.05) is 10.6 Å². The highest BCUT2D eigenvalue weighted by atomic mass is 35.5. The molecule has 0 fully saturated rings. The Morgan fingerprint density at radius 2 is 1.85 bits per heavy atom. The van der Waals surface area contributed by atoms with E-state index >= 15 is 0 Å². The quantitative estimate of drug-likeness (QED) is 0.647. The van der Waals surface area contributed by atoms with Crippen LogP contribution >= 0.6 is 11.6 Å². The molecule has 1 aromatic heterocycles. The average molecular weight is 366 g/mol. The fourth-order valence-corrected chi connectivity index (χ4v) is 2.77. The minimum atomic E-state index is -0.0625. The van der Waals surface area contributed by atoms with Crippen molar-refractivity contribution >= 4 is 34.7 Å². The van der Waals surface area contributed by atoms with Crippen molar-refractivity contribution in [3.63, 3.8) is 0 Å². The number of anilines is 3. The van der Waals surface area contributed by atoms with Crippen molar-refractivity contribution in [3.05, 3.63) is 82.5 Å². The van der Waals surface area contributed by atoms with E-state index in [9.17, 15) is 4.79 Å². The fourth-order valence-electron chi connectivity index (χ4n) is 2.60. The van der Waals surface area contributed by atoms with Crippen LogP contribution in [0.5, 0.6) is 0 Å². The Morgan fingerprint density at radius 1 is 1.04 bits per heavy atom. The predicted octanol–water partition coefficient (Wildman–Crippen LogP) is 5.28. The molecule has 4 nitrogen and oxygen atoms in total. The molecule has 0 bridgehead atoms. The summed E-state index contributed by atoms with van der Waals surface area (Å²) in [5.74, 6) is 0.625. The van der Waals surface area contributed by atoms with Crippen LogP contribution in [0.1, 0.15) is 16.7 Å². The molecule has 2 aromatic carbocycles. The van der Waals surface area contributed by atoms with E-state index in [4.69, 9.17) is 11.6 Å². The van der Waals surface area contributed by atoms with Gasteiger partial charge in [0.15, 0.2) is 0 Å². The third-order valence-electron chi connectivity index (χ3n) is 4.12. The Morgan fingerprint density at radius 3 is 2.58 bits per heavy atom. The average Bonchev–Trinajstić information content (AvgIpc) is 2.62. The van der Waals surface area contributed by atoms with E-state index in [-0.39, 0.29) is 5.91 Å². The SMILES string of the molecule is Cc1ccccc1CC(=O)Nc1ccc(Nc2cc(Cl)ccc2C)nc1. The Kier molecular flexibility index (Phi) is 5.54. The molecule has 1 heterocycles. The number of pyridine rings is 1. The van der Waals surface area contributed by atoms with Gasteiger partial charge in [0.05, 0.1) is 18.3 Å². The number of nitrogens with one attached hydrogen (secondary N) is 2. The Bertz CT molecular complexity index is 923. The maximum Gasteiger partial charge on any atom is 0.228 e. The largest absolute Gasteiger partial charge is 0.340 e. The summed E-state index contributed by atoms with van der Waals surface area (Å²) < 4.78 is 0. The summed E-state index contributed by atoms with van der Waals surface area (Å²) in [4.78, 5) is 16.6. The third-order valence-corrected chi connectivity index (χ3v) is 4.36. The first kappa shape index (κ1) is 18.0. The van der Waals surface area contributed by atoms with Crippen molar-refractivity contribution in [2.45, 2.75) is 20.3 Å². The molecule has 3 aromatic rings. The number of aromatic nitrogens is 1. The van der Waals surface area contributed by atoms with Crippen LogP contribution in [0.2, 0.25) is 5.02 Å².